The van der Waals surface area contributed by atoms with Crippen LogP contribution in [0.3, 0.4) is 0 Å². The standard InChI is InChI=1S/C21H22F3N7O2/c1-4-15-10-33-20(32)31(15)19-28-13(3)27-18(29-19)26-12(2)17-9-30(11-25-17)16-7-5-14(6-8-16)21(22,23)24/h5-9,11-12,15H,4,10H2,1-3H3,(H,26,27,28,29)/t12-,15-/m0/s1. The third-order valence-corrected chi connectivity index (χ3v) is 5.27. The molecule has 1 N–H and O–H groups in total. The lowest BCUT2D eigenvalue weighted by Gasteiger charge is -2.19. The molecule has 1 saturated heterocycles. The molecule has 3 aromatic rings. The number of nitrogens with zero attached hydrogens (tertiary/aromatic N) is 6. The Balaban J connectivity index is 1.51. The number of aryl methyl sites for hydroxylation is 1. The van der Waals surface area contributed by atoms with Gasteiger partial charge in [-0.3, -0.25) is 0 Å². The van der Waals surface area contributed by atoms with Gasteiger partial charge in [0.2, 0.25) is 11.9 Å². The number of hydrogen-bond acceptors (Lipinski definition) is 7. The first-order valence-corrected chi connectivity index (χ1v) is 10.3. The highest BCUT2D eigenvalue weighted by molar-refractivity contribution is 5.88. The second-order valence-corrected chi connectivity index (χ2v) is 7.63. The number of nitrogens with one attached hydrogen (secondary N) is 1. The van der Waals surface area contributed by atoms with E-state index in [2.05, 4.69) is 25.3 Å². The lowest BCUT2D eigenvalue weighted by molar-refractivity contribution is -0.137. The van der Waals surface area contributed by atoms with Crippen LogP contribution in [0, 0.1) is 6.92 Å². The highest BCUT2D eigenvalue weighted by Gasteiger charge is 2.35. The Kier molecular flexibility index (Phi) is 5.91. The van der Waals surface area contributed by atoms with Crippen LogP contribution in [-0.2, 0) is 10.9 Å². The largest absolute Gasteiger partial charge is 0.447 e. The Bertz CT molecular complexity index is 1150. The van der Waals surface area contributed by atoms with Gasteiger partial charge in [0.05, 0.1) is 29.7 Å². The first kappa shape index (κ1) is 22.5. The highest BCUT2D eigenvalue weighted by Crippen LogP contribution is 2.30. The number of carbonyl (C=O) groups excluding carboxylic acids is 1. The van der Waals surface area contributed by atoms with Crippen molar-refractivity contribution < 1.29 is 22.7 Å². The van der Waals surface area contributed by atoms with Crippen LogP contribution < -0.4 is 10.2 Å². The molecule has 0 unspecified atom stereocenters. The molecule has 4 rings (SSSR count). The summed E-state index contributed by atoms with van der Waals surface area (Å²) in [4.78, 5) is 30.8. The van der Waals surface area contributed by atoms with E-state index in [0.717, 1.165) is 12.1 Å². The summed E-state index contributed by atoms with van der Waals surface area (Å²) in [6, 6.07) is 4.34. The molecule has 0 bridgehead atoms. The molecule has 174 valence electrons. The quantitative estimate of drug-likeness (QED) is 0.585. The van der Waals surface area contributed by atoms with Gasteiger partial charge in [0, 0.05) is 11.9 Å². The number of hydrogen-bond donors (Lipinski definition) is 1. The van der Waals surface area contributed by atoms with E-state index in [9.17, 15) is 18.0 Å². The number of anilines is 2. The molecule has 1 aliphatic rings. The minimum Gasteiger partial charge on any atom is -0.447 e. The second kappa shape index (κ2) is 8.68. The number of rotatable bonds is 6. The zero-order valence-corrected chi connectivity index (χ0v) is 18.2. The normalized spacial score (nSPS) is 17.2. The second-order valence-electron chi connectivity index (χ2n) is 7.63. The molecular weight excluding hydrogens is 439 g/mol. The fraction of sp³-hybridized carbons (Fsp3) is 0.381. The third kappa shape index (κ3) is 4.73. The molecule has 12 heteroatoms. The van der Waals surface area contributed by atoms with Crippen LogP contribution >= 0.6 is 0 Å². The number of cyclic esters (lactones) is 1. The fourth-order valence-electron chi connectivity index (χ4n) is 3.44. The number of alkyl halides is 3. The zero-order chi connectivity index (χ0) is 23.8. The van der Waals surface area contributed by atoms with Crippen molar-refractivity contribution in [3.8, 4) is 5.69 Å². The van der Waals surface area contributed by atoms with Gasteiger partial charge in [-0.15, -0.1) is 0 Å². The van der Waals surface area contributed by atoms with Crippen LogP contribution in [0.1, 0.15) is 43.4 Å². The summed E-state index contributed by atoms with van der Waals surface area (Å²) in [7, 11) is 0. The Morgan fingerprint density at radius 1 is 1.21 bits per heavy atom. The topological polar surface area (TPSA) is 98.1 Å². The third-order valence-electron chi connectivity index (χ3n) is 5.27. The first-order valence-electron chi connectivity index (χ1n) is 10.3. The summed E-state index contributed by atoms with van der Waals surface area (Å²) in [5.41, 5.74) is 0.460. The molecule has 0 saturated carbocycles. The van der Waals surface area contributed by atoms with Crippen LogP contribution in [0.25, 0.3) is 5.69 Å². The number of imidazole rings is 1. The van der Waals surface area contributed by atoms with Gasteiger partial charge in [-0.05, 0) is 44.5 Å². The predicted molar refractivity (Wildman–Crippen MR) is 113 cm³/mol. The van der Waals surface area contributed by atoms with Crippen molar-refractivity contribution in [2.45, 2.75) is 45.5 Å². The molecule has 33 heavy (non-hydrogen) atoms. The van der Waals surface area contributed by atoms with Crippen LogP contribution in [0.5, 0.6) is 0 Å². The lowest BCUT2D eigenvalue weighted by Crippen LogP contribution is -2.34. The van der Waals surface area contributed by atoms with E-state index < -0.39 is 17.8 Å². The number of amides is 1. The average molecular weight is 461 g/mol. The summed E-state index contributed by atoms with van der Waals surface area (Å²) in [6.07, 6.45) is -0.966. The van der Waals surface area contributed by atoms with Crippen molar-refractivity contribution in [1.82, 2.24) is 24.5 Å². The zero-order valence-electron chi connectivity index (χ0n) is 18.2. The van der Waals surface area contributed by atoms with Crippen molar-refractivity contribution in [2.24, 2.45) is 0 Å². The minimum atomic E-state index is -4.39. The van der Waals surface area contributed by atoms with Crippen LogP contribution in [0.2, 0.25) is 0 Å². The van der Waals surface area contributed by atoms with E-state index >= 15 is 0 Å². The number of carbonyl (C=O) groups is 1. The van der Waals surface area contributed by atoms with E-state index in [1.807, 2.05) is 13.8 Å². The predicted octanol–water partition coefficient (Wildman–Crippen LogP) is 4.29. The van der Waals surface area contributed by atoms with E-state index in [-0.39, 0.29) is 30.6 Å². The van der Waals surface area contributed by atoms with E-state index in [1.165, 1.54) is 23.4 Å². The van der Waals surface area contributed by atoms with Crippen molar-refractivity contribution in [3.05, 3.63) is 53.9 Å². The number of halogens is 3. The summed E-state index contributed by atoms with van der Waals surface area (Å²) in [6.45, 7) is 5.77. The molecule has 0 aliphatic carbocycles. The fourth-order valence-corrected chi connectivity index (χ4v) is 3.44. The molecule has 1 fully saturated rings. The maximum Gasteiger partial charge on any atom is 0.417 e. The highest BCUT2D eigenvalue weighted by atomic mass is 19.4. The van der Waals surface area contributed by atoms with Gasteiger partial charge in [-0.1, -0.05) is 6.92 Å². The van der Waals surface area contributed by atoms with Crippen LogP contribution in [-0.4, -0.2) is 43.2 Å². The summed E-state index contributed by atoms with van der Waals surface area (Å²) >= 11 is 0. The number of ether oxygens (including phenoxy) is 1. The molecule has 1 aliphatic heterocycles. The van der Waals surface area contributed by atoms with E-state index in [4.69, 9.17) is 4.74 Å². The number of aromatic nitrogens is 5. The Morgan fingerprint density at radius 2 is 1.94 bits per heavy atom. The monoisotopic (exact) mass is 461 g/mol. The maximum atomic E-state index is 12.8. The van der Waals surface area contributed by atoms with Crippen molar-refractivity contribution >= 4 is 18.0 Å². The van der Waals surface area contributed by atoms with Crippen LogP contribution in [0.15, 0.2) is 36.8 Å². The smallest absolute Gasteiger partial charge is 0.417 e. The lowest BCUT2D eigenvalue weighted by atomic mass is 10.2. The van der Waals surface area contributed by atoms with Crippen LogP contribution in [0.4, 0.5) is 29.9 Å². The molecule has 0 radical (unpaired) electrons. The minimum absolute atomic E-state index is 0.149. The van der Waals surface area contributed by atoms with Gasteiger partial charge in [0.1, 0.15) is 12.4 Å². The summed E-state index contributed by atoms with van der Waals surface area (Å²) in [5.74, 6) is 0.907. The Hall–Kier alpha value is -3.70. The molecule has 1 amide bonds. The van der Waals surface area contributed by atoms with E-state index in [0.29, 0.717) is 23.6 Å². The van der Waals surface area contributed by atoms with Crippen molar-refractivity contribution in [3.63, 3.8) is 0 Å². The van der Waals surface area contributed by atoms with Crippen molar-refractivity contribution in [1.29, 1.82) is 0 Å². The van der Waals surface area contributed by atoms with Gasteiger partial charge >= 0.3 is 12.3 Å². The Morgan fingerprint density at radius 3 is 2.61 bits per heavy atom. The van der Waals surface area contributed by atoms with Gasteiger partial charge in [-0.2, -0.15) is 28.1 Å². The molecule has 1 aromatic carbocycles. The maximum absolute atomic E-state index is 12.8. The molecule has 2 aromatic heterocycles. The molecule has 2 atom stereocenters. The molecule has 0 spiro atoms. The Labute approximate surface area is 187 Å². The van der Waals surface area contributed by atoms with Gasteiger partial charge in [0.25, 0.3) is 0 Å². The summed E-state index contributed by atoms with van der Waals surface area (Å²) in [5, 5.41) is 3.14. The van der Waals surface area contributed by atoms with Gasteiger partial charge in [0.15, 0.2) is 0 Å². The summed E-state index contributed by atoms with van der Waals surface area (Å²) < 4.78 is 45.1. The van der Waals surface area contributed by atoms with Gasteiger partial charge in [-0.25, -0.2) is 14.7 Å². The van der Waals surface area contributed by atoms with E-state index in [1.54, 1.807) is 17.7 Å². The molecule has 3 heterocycles. The first-order chi connectivity index (χ1) is 15.7. The van der Waals surface area contributed by atoms with Gasteiger partial charge < -0.3 is 14.6 Å². The SMILES string of the molecule is CC[C@H]1COC(=O)N1c1nc(C)nc(N[C@@H](C)c2cn(-c3ccc(C(F)(F)F)cc3)cn2)n1. The van der Waals surface area contributed by atoms with Crippen molar-refractivity contribution in [2.75, 3.05) is 16.8 Å². The molecule has 9 nitrogen and oxygen atoms in total. The average Bonchev–Trinajstić information content (AvgIpc) is 3.39. The molecular formula is C21H22F3N7O2. The number of benzene rings is 1.